The number of aromatic nitrogens is 2. The molecular formula is C22H22N4O2. The molecule has 4 rings (SSSR count). The van der Waals surface area contributed by atoms with Crippen molar-refractivity contribution in [3.8, 4) is 5.75 Å². The molecule has 0 saturated carbocycles. The Morgan fingerprint density at radius 3 is 2.68 bits per heavy atom. The summed E-state index contributed by atoms with van der Waals surface area (Å²) >= 11 is 0. The van der Waals surface area contributed by atoms with Gasteiger partial charge in [-0.15, -0.1) is 0 Å². The van der Waals surface area contributed by atoms with Crippen LogP contribution in [-0.4, -0.2) is 29.5 Å². The van der Waals surface area contributed by atoms with E-state index in [1.54, 1.807) is 19.5 Å². The standard InChI is InChI=1S/C22H22N4O2/c1-28-20-11-5-3-8-17(20)13-23-21(27)18-14-24-22(25-15-18)26-12-6-9-16-7-2-4-10-19(16)26/h2-5,7-8,10-11,14-15H,6,9,12-13H2,1H3,(H,23,27). The molecule has 0 atom stereocenters. The number of nitrogens with one attached hydrogen (secondary N) is 1. The highest BCUT2D eigenvalue weighted by Gasteiger charge is 2.20. The summed E-state index contributed by atoms with van der Waals surface area (Å²) in [6, 6.07) is 15.9. The van der Waals surface area contributed by atoms with Crippen molar-refractivity contribution in [2.45, 2.75) is 19.4 Å². The highest BCUT2D eigenvalue weighted by molar-refractivity contribution is 5.93. The number of para-hydroxylation sites is 2. The molecule has 1 aliphatic heterocycles. The number of amides is 1. The lowest BCUT2D eigenvalue weighted by molar-refractivity contribution is 0.0950. The molecule has 0 unspecified atom stereocenters. The van der Waals surface area contributed by atoms with Gasteiger partial charge >= 0.3 is 0 Å². The van der Waals surface area contributed by atoms with Gasteiger partial charge in [-0.3, -0.25) is 4.79 Å². The number of methoxy groups -OCH3 is 1. The first kappa shape index (κ1) is 18.0. The van der Waals surface area contributed by atoms with Crippen LogP contribution in [0.15, 0.2) is 60.9 Å². The van der Waals surface area contributed by atoms with Crippen molar-refractivity contribution in [2.75, 3.05) is 18.6 Å². The molecule has 0 aliphatic carbocycles. The fourth-order valence-corrected chi connectivity index (χ4v) is 3.45. The maximum Gasteiger partial charge on any atom is 0.254 e. The van der Waals surface area contributed by atoms with Gasteiger partial charge in [0.2, 0.25) is 5.95 Å². The zero-order chi connectivity index (χ0) is 19.3. The Morgan fingerprint density at radius 1 is 1.11 bits per heavy atom. The monoisotopic (exact) mass is 374 g/mol. The van der Waals surface area contributed by atoms with Crippen LogP contribution >= 0.6 is 0 Å². The van der Waals surface area contributed by atoms with E-state index in [-0.39, 0.29) is 5.91 Å². The molecule has 6 heteroatoms. The predicted octanol–water partition coefficient (Wildman–Crippen LogP) is 3.50. The van der Waals surface area contributed by atoms with Gasteiger partial charge in [-0.05, 0) is 30.5 Å². The van der Waals surface area contributed by atoms with Crippen LogP contribution in [0.3, 0.4) is 0 Å². The summed E-state index contributed by atoms with van der Waals surface area (Å²) in [5, 5.41) is 2.89. The summed E-state index contributed by atoms with van der Waals surface area (Å²) in [7, 11) is 1.62. The molecule has 28 heavy (non-hydrogen) atoms. The summed E-state index contributed by atoms with van der Waals surface area (Å²) in [4.78, 5) is 23.4. The zero-order valence-corrected chi connectivity index (χ0v) is 15.8. The van der Waals surface area contributed by atoms with Crippen LogP contribution in [0.2, 0.25) is 0 Å². The topological polar surface area (TPSA) is 67.3 Å². The number of hydrogen-bond acceptors (Lipinski definition) is 5. The average Bonchev–Trinajstić information content (AvgIpc) is 2.77. The van der Waals surface area contributed by atoms with Crippen molar-refractivity contribution in [1.29, 1.82) is 0 Å². The molecule has 0 radical (unpaired) electrons. The van der Waals surface area contributed by atoms with E-state index in [9.17, 15) is 4.79 Å². The Labute approximate surface area is 164 Å². The van der Waals surface area contributed by atoms with Gasteiger partial charge in [0.15, 0.2) is 0 Å². The molecule has 2 heterocycles. The van der Waals surface area contributed by atoms with Crippen LogP contribution in [-0.2, 0) is 13.0 Å². The van der Waals surface area contributed by atoms with Crippen LogP contribution in [0.25, 0.3) is 0 Å². The number of benzene rings is 2. The Morgan fingerprint density at radius 2 is 1.86 bits per heavy atom. The van der Waals surface area contributed by atoms with Gasteiger partial charge < -0.3 is 15.0 Å². The normalized spacial score (nSPS) is 13.0. The van der Waals surface area contributed by atoms with E-state index in [0.29, 0.717) is 18.1 Å². The number of anilines is 2. The first-order chi connectivity index (χ1) is 13.8. The molecule has 1 N–H and O–H groups in total. The van der Waals surface area contributed by atoms with Gasteiger partial charge in [-0.1, -0.05) is 36.4 Å². The Kier molecular flexibility index (Phi) is 5.19. The fraction of sp³-hybridized carbons (Fsp3) is 0.227. The molecule has 0 saturated heterocycles. The number of carbonyl (C=O) groups is 1. The third-order valence-corrected chi connectivity index (χ3v) is 4.88. The van der Waals surface area contributed by atoms with E-state index < -0.39 is 0 Å². The van der Waals surface area contributed by atoms with Gasteiger partial charge in [-0.25, -0.2) is 9.97 Å². The highest BCUT2D eigenvalue weighted by Crippen LogP contribution is 2.31. The first-order valence-corrected chi connectivity index (χ1v) is 9.34. The summed E-state index contributed by atoms with van der Waals surface area (Å²) in [6.45, 7) is 1.25. The maximum atomic E-state index is 12.5. The lowest BCUT2D eigenvalue weighted by Gasteiger charge is -2.29. The van der Waals surface area contributed by atoms with Crippen molar-refractivity contribution >= 4 is 17.5 Å². The van der Waals surface area contributed by atoms with E-state index in [0.717, 1.165) is 36.4 Å². The van der Waals surface area contributed by atoms with Gasteiger partial charge in [0, 0.05) is 36.7 Å². The van der Waals surface area contributed by atoms with Gasteiger partial charge in [0.05, 0.1) is 12.7 Å². The van der Waals surface area contributed by atoms with E-state index in [4.69, 9.17) is 4.74 Å². The molecule has 3 aromatic rings. The quantitative estimate of drug-likeness (QED) is 0.740. The number of nitrogens with zero attached hydrogens (tertiary/aromatic N) is 3. The lowest BCUT2D eigenvalue weighted by atomic mass is 10.0. The number of aryl methyl sites for hydroxylation is 1. The van der Waals surface area contributed by atoms with Gasteiger partial charge in [0.25, 0.3) is 5.91 Å². The summed E-state index contributed by atoms with van der Waals surface area (Å²) in [5.41, 5.74) is 3.79. The van der Waals surface area contributed by atoms with E-state index >= 15 is 0 Å². The molecule has 0 bridgehead atoms. The molecule has 0 spiro atoms. The minimum absolute atomic E-state index is 0.212. The number of carbonyl (C=O) groups excluding carboxylic acids is 1. The zero-order valence-electron chi connectivity index (χ0n) is 15.8. The third-order valence-electron chi connectivity index (χ3n) is 4.88. The maximum absolute atomic E-state index is 12.5. The Hall–Kier alpha value is -3.41. The molecule has 2 aromatic carbocycles. The van der Waals surface area contributed by atoms with Crippen LogP contribution in [0.4, 0.5) is 11.6 Å². The molecule has 1 aliphatic rings. The fourth-order valence-electron chi connectivity index (χ4n) is 3.45. The first-order valence-electron chi connectivity index (χ1n) is 9.34. The second-order valence-electron chi connectivity index (χ2n) is 6.65. The van der Waals surface area contributed by atoms with Gasteiger partial charge in [0.1, 0.15) is 5.75 Å². The van der Waals surface area contributed by atoms with Crippen LogP contribution in [0.5, 0.6) is 5.75 Å². The minimum Gasteiger partial charge on any atom is -0.496 e. The predicted molar refractivity (Wildman–Crippen MR) is 108 cm³/mol. The molecule has 1 amide bonds. The third kappa shape index (κ3) is 3.67. The van der Waals surface area contributed by atoms with Crippen LogP contribution in [0, 0.1) is 0 Å². The smallest absolute Gasteiger partial charge is 0.254 e. The van der Waals surface area contributed by atoms with Crippen molar-refractivity contribution in [1.82, 2.24) is 15.3 Å². The average molecular weight is 374 g/mol. The molecule has 1 aromatic heterocycles. The number of fused-ring (bicyclic) bond motifs is 1. The number of hydrogen-bond donors (Lipinski definition) is 1. The number of ether oxygens (including phenoxy) is 1. The molecular weight excluding hydrogens is 352 g/mol. The minimum atomic E-state index is -0.212. The van der Waals surface area contributed by atoms with Crippen molar-refractivity contribution < 1.29 is 9.53 Å². The second-order valence-corrected chi connectivity index (χ2v) is 6.65. The van der Waals surface area contributed by atoms with Crippen LogP contribution < -0.4 is 15.0 Å². The SMILES string of the molecule is COc1ccccc1CNC(=O)c1cnc(N2CCCc3ccccc32)nc1. The summed E-state index contributed by atoms with van der Waals surface area (Å²) in [6.07, 6.45) is 5.28. The summed E-state index contributed by atoms with van der Waals surface area (Å²) < 4.78 is 5.31. The van der Waals surface area contributed by atoms with Crippen molar-refractivity contribution in [3.63, 3.8) is 0 Å². The van der Waals surface area contributed by atoms with E-state index in [1.165, 1.54) is 5.56 Å². The number of rotatable bonds is 5. The lowest BCUT2D eigenvalue weighted by Crippen LogP contribution is -2.27. The van der Waals surface area contributed by atoms with Gasteiger partial charge in [-0.2, -0.15) is 0 Å². The highest BCUT2D eigenvalue weighted by atomic mass is 16.5. The Bertz CT molecular complexity index is 972. The molecule has 142 valence electrons. The Balaban J connectivity index is 1.46. The largest absolute Gasteiger partial charge is 0.496 e. The van der Waals surface area contributed by atoms with Crippen molar-refractivity contribution in [3.05, 3.63) is 77.6 Å². The molecule has 0 fully saturated rings. The van der Waals surface area contributed by atoms with Crippen molar-refractivity contribution in [2.24, 2.45) is 0 Å². The van der Waals surface area contributed by atoms with E-state index in [2.05, 4.69) is 38.4 Å². The second kappa shape index (κ2) is 8.08. The van der Waals surface area contributed by atoms with Crippen LogP contribution in [0.1, 0.15) is 27.9 Å². The molecule has 6 nitrogen and oxygen atoms in total. The summed E-state index contributed by atoms with van der Waals surface area (Å²) in [5.74, 6) is 1.16. The van der Waals surface area contributed by atoms with E-state index in [1.807, 2.05) is 30.3 Å².